The predicted molar refractivity (Wildman–Crippen MR) is 77.3 cm³/mol. The van der Waals surface area contributed by atoms with Crippen LogP contribution in [0.15, 0.2) is 18.2 Å². The third-order valence-corrected chi connectivity index (χ3v) is 4.35. The van der Waals surface area contributed by atoms with Crippen LogP contribution in [0.5, 0.6) is 5.75 Å². The fourth-order valence-electron chi connectivity index (χ4n) is 3.10. The van der Waals surface area contributed by atoms with E-state index in [1.54, 1.807) is 0 Å². The van der Waals surface area contributed by atoms with Gasteiger partial charge in [0.05, 0.1) is 0 Å². The SMILES string of the molecule is CC(C)N1CCC(Oc2cccc3c2CNC3)CC1. The van der Waals surface area contributed by atoms with Gasteiger partial charge in [0.2, 0.25) is 0 Å². The summed E-state index contributed by atoms with van der Waals surface area (Å²) >= 11 is 0. The Morgan fingerprint density at radius 3 is 2.74 bits per heavy atom. The lowest BCUT2D eigenvalue weighted by Gasteiger charge is -2.34. The quantitative estimate of drug-likeness (QED) is 0.904. The first-order valence-corrected chi connectivity index (χ1v) is 7.46. The topological polar surface area (TPSA) is 24.5 Å². The molecule has 1 saturated heterocycles. The summed E-state index contributed by atoms with van der Waals surface area (Å²) in [5, 5.41) is 3.40. The maximum Gasteiger partial charge on any atom is 0.124 e. The molecule has 0 amide bonds. The van der Waals surface area contributed by atoms with Gasteiger partial charge in [0.15, 0.2) is 0 Å². The Labute approximate surface area is 115 Å². The zero-order valence-electron chi connectivity index (χ0n) is 12.0. The Kier molecular flexibility index (Phi) is 3.76. The molecule has 1 fully saturated rings. The second kappa shape index (κ2) is 5.51. The lowest BCUT2D eigenvalue weighted by molar-refractivity contribution is 0.0837. The number of fused-ring (bicyclic) bond motifs is 1. The molecule has 0 radical (unpaired) electrons. The van der Waals surface area contributed by atoms with Gasteiger partial charge in [-0.3, -0.25) is 0 Å². The predicted octanol–water partition coefficient (Wildman–Crippen LogP) is 2.54. The van der Waals surface area contributed by atoms with Crippen LogP contribution in [-0.4, -0.2) is 30.1 Å². The molecule has 1 aromatic rings. The van der Waals surface area contributed by atoms with Gasteiger partial charge in [0, 0.05) is 37.8 Å². The first kappa shape index (κ1) is 12.9. The molecule has 3 rings (SSSR count). The molecule has 0 unspecified atom stereocenters. The number of hydrogen-bond donors (Lipinski definition) is 1. The summed E-state index contributed by atoms with van der Waals surface area (Å²) in [6.45, 7) is 8.81. The van der Waals surface area contributed by atoms with E-state index < -0.39 is 0 Å². The molecular weight excluding hydrogens is 236 g/mol. The molecular formula is C16H24N2O. The van der Waals surface area contributed by atoms with Crippen molar-refractivity contribution in [2.75, 3.05) is 13.1 Å². The average molecular weight is 260 g/mol. The van der Waals surface area contributed by atoms with Crippen LogP contribution in [0.2, 0.25) is 0 Å². The summed E-state index contributed by atoms with van der Waals surface area (Å²) in [6.07, 6.45) is 2.69. The Morgan fingerprint density at radius 1 is 1.21 bits per heavy atom. The summed E-state index contributed by atoms with van der Waals surface area (Å²) in [6, 6.07) is 7.10. The van der Waals surface area contributed by atoms with E-state index in [0.29, 0.717) is 12.1 Å². The van der Waals surface area contributed by atoms with Crippen molar-refractivity contribution in [3.05, 3.63) is 29.3 Å². The highest BCUT2D eigenvalue weighted by atomic mass is 16.5. The highest BCUT2D eigenvalue weighted by Crippen LogP contribution is 2.28. The van der Waals surface area contributed by atoms with Crippen molar-refractivity contribution < 1.29 is 4.74 Å². The number of ether oxygens (including phenoxy) is 1. The maximum atomic E-state index is 6.26. The molecule has 1 N–H and O–H groups in total. The summed E-state index contributed by atoms with van der Waals surface area (Å²) < 4.78 is 6.26. The normalized spacial score (nSPS) is 20.8. The second-order valence-corrected chi connectivity index (χ2v) is 5.94. The Balaban J connectivity index is 1.63. The lowest BCUT2D eigenvalue weighted by Crippen LogP contribution is -2.41. The Hall–Kier alpha value is -1.06. The maximum absolute atomic E-state index is 6.26. The highest BCUT2D eigenvalue weighted by Gasteiger charge is 2.23. The summed E-state index contributed by atoms with van der Waals surface area (Å²) in [5.41, 5.74) is 2.77. The fraction of sp³-hybridized carbons (Fsp3) is 0.625. The van der Waals surface area contributed by atoms with E-state index in [9.17, 15) is 0 Å². The molecule has 0 saturated carbocycles. The van der Waals surface area contributed by atoms with Crippen LogP contribution in [0.1, 0.15) is 37.8 Å². The summed E-state index contributed by atoms with van der Waals surface area (Å²) in [7, 11) is 0. The zero-order valence-corrected chi connectivity index (χ0v) is 12.0. The van der Waals surface area contributed by atoms with Crippen molar-refractivity contribution in [1.82, 2.24) is 10.2 Å². The Bertz CT molecular complexity index is 436. The molecule has 2 aliphatic heterocycles. The number of nitrogens with zero attached hydrogens (tertiary/aromatic N) is 1. The van der Waals surface area contributed by atoms with Crippen LogP contribution in [0.3, 0.4) is 0 Å². The van der Waals surface area contributed by atoms with E-state index in [1.165, 1.54) is 11.1 Å². The summed E-state index contributed by atoms with van der Waals surface area (Å²) in [4.78, 5) is 2.54. The van der Waals surface area contributed by atoms with Gasteiger partial charge in [-0.05, 0) is 38.3 Å². The second-order valence-electron chi connectivity index (χ2n) is 5.94. The molecule has 0 aromatic heterocycles. The van der Waals surface area contributed by atoms with Crippen LogP contribution in [0.4, 0.5) is 0 Å². The molecule has 0 atom stereocenters. The van der Waals surface area contributed by atoms with Crippen LogP contribution < -0.4 is 10.1 Å². The monoisotopic (exact) mass is 260 g/mol. The van der Waals surface area contributed by atoms with Crippen LogP contribution >= 0.6 is 0 Å². The molecule has 2 aliphatic rings. The van der Waals surface area contributed by atoms with Crippen molar-refractivity contribution in [3.63, 3.8) is 0 Å². The minimum atomic E-state index is 0.391. The number of rotatable bonds is 3. The largest absolute Gasteiger partial charge is 0.490 e. The van der Waals surface area contributed by atoms with Gasteiger partial charge < -0.3 is 15.0 Å². The zero-order chi connectivity index (χ0) is 13.2. The fourth-order valence-corrected chi connectivity index (χ4v) is 3.10. The van der Waals surface area contributed by atoms with E-state index in [1.807, 2.05) is 0 Å². The van der Waals surface area contributed by atoms with Gasteiger partial charge in [-0.1, -0.05) is 12.1 Å². The average Bonchev–Trinajstić information content (AvgIpc) is 2.89. The molecule has 0 bridgehead atoms. The number of hydrogen-bond acceptors (Lipinski definition) is 3. The van der Waals surface area contributed by atoms with Gasteiger partial charge in [-0.25, -0.2) is 0 Å². The molecule has 3 nitrogen and oxygen atoms in total. The first-order chi connectivity index (χ1) is 9.24. The molecule has 2 heterocycles. The van der Waals surface area contributed by atoms with E-state index in [4.69, 9.17) is 4.74 Å². The van der Waals surface area contributed by atoms with E-state index >= 15 is 0 Å². The van der Waals surface area contributed by atoms with Gasteiger partial charge in [0.25, 0.3) is 0 Å². The van der Waals surface area contributed by atoms with E-state index in [-0.39, 0.29) is 0 Å². The number of likely N-dealkylation sites (tertiary alicyclic amines) is 1. The molecule has 1 aromatic carbocycles. The molecule has 104 valence electrons. The minimum absolute atomic E-state index is 0.391. The number of piperidine rings is 1. The number of nitrogens with one attached hydrogen (secondary N) is 1. The first-order valence-electron chi connectivity index (χ1n) is 7.46. The van der Waals surface area contributed by atoms with Crippen molar-refractivity contribution >= 4 is 0 Å². The van der Waals surface area contributed by atoms with E-state index in [0.717, 1.165) is 44.8 Å². The molecule has 19 heavy (non-hydrogen) atoms. The van der Waals surface area contributed by atoms with E-state index in [2.05, 4.69) is 42.3 Å². The minimum Gasteiger partial charge on any atom is -0.490 e. The molecule has 0 spiro atoms. The van der Waals surface area contributed by atoms with Gasteiger partial charge in [-0.2, -0.15) is 0 Å². The van der Waals surface area contributed by atoms with Gasteiger partial charge >= 0.3 is 0 Å². The highest BCUT2D eigenvalue weighted by molar-refractivity contribution is 5.42. The Morgan fingerprint density at radius 2 is 2.00 bits per heavy atom. The smallest absolute Gasteiger partial charge is 0.124 e. The third-order valence-electron chi connectivity index (χ3n) is 4.35. The van der Waals surface area contributed by atoms with Crippen LogP contribution in [0.25, 0.3) is 0 Å². The van der Waals surface area contributed by atoms with Gasteiger partial charge in [-0.15, -0.1) is 0 Å². The summed E-state index contributed by atoms with van der Waals surface area (Å²) in [5.74, 6) is 1.10. The van der Waals surface area contributed by atoms with Gasteiger partial charge in [0.1, 0.15) is 11.9 Å². The van der Waals surface area contributed by atoms with Crippen LogP contribution in [-0.2, 0) is 13.1 Å². The number of benzene rings is 1. The standard InChI is InChI=1S/C16H24N2O/c1-12(2)18-8-6-14(7-9-18)19-16-5-3-4-13-10-17-11-15(13)16/h3-5,12,14,17H,6-11H2,1-2H3. The molecule has 0 aliphatic carbocycles. The van der Waals surface area contributed by atoms with Crippen molar-refractivity contribution in [2.45, 2.75) is 51.9 Å². The molecule has 3 heteroatoms. The van der Waals surface area contributed by atoms with Crippen molar-refractivity contribution in [1.29, 1.82) is 0 Å². The van der Waals surface area contributed by atoms with Crippen molar-refractivity contribution in [3.8, 4) is 5.75 Å². The van der Waals surface area contributed by atoms with Crippen molar-refractivity contribution in [2.24, 2.45) is 0 Å². The lowest BCUT2D eigenvalue weighted by atomic mass is 10.1. The third kappa shape index (κ3) is 2.77. The van der Waals surface area contributed by atoms with Crippen LogP contribution in [0, 0.1) is 0 Å².